The van der Waals surface area contributed by atoms with Crippen molar-refractivity contribution in [3.8, 4) is 0 Å². The van der Waals surface area contributed by atoms with Gasteiger partial charge in [0.15, 0.2) is 0 Å². The Morgan fingerprint density at radius 3 is 2.22 bits per heavy atom. The van der Waals surface area contributed by atoms with Crippen LogP contribution in [0.15, 0.2) is 0 Å². The molecule has 3 unspecified atom stereocenters. The standard InChI is InChI=1S/C16H28N2/c17-12-16(6-3-13-11-14(13)16)18-9-7-15(8-10-18)4-1-2-5-15/h13-14H,1-12,17H2. The number of nitrogens with zero attached hydrogens (tertiary/aromatic N) is 1. The van der Waals surface area contributed by atoms with E-state index in [0.717, 1.165) is 23.8 Å². The number of piperidine rings is 1. The summed E-state index contributed by atoms with van der Waals surface area (Å²) in [6.07, 6.45) is 13.3. The Morgan fingerprint density at radius 2 is 1.72 bits per heavy atom. The Hall–Kier alpha value is -0.0800. The summed E-state index contributed by atoms with van der Waals surface area (Å²) in [4.78, 5) is 2.83. The van der Waals surface area contributed by atoms with Gasteiger partial charge >= 0.3 is 0 Å². The number of fused-ring (bicyclic) bond motifs is 1. The highest BCUT2D eigenvalue weighted by Crippen LogP contribution is 2.60. The quantitative estimate of drug-likeness (QED) is 0.814. The molecule has 0 aromatic carbocycles. The molecular formula is C16H28N2. The van der Waals surface area contributed by atoms with Gasteiger partial charge in [-0.25, -0.2) is 0 Å². The van der Waals surface area contributed by atoms with Gasteiger partial charge in [-0.2, -0.15) is 0 Å². The van der Waals surface area contributed by atoms with Crippen LogP contribution in [0.2, 0.25) is 0 Å². The maximum absolute atomic E-state index is 6.22. The number of nitrogens with two attached hydrogens (primary N) is 1. The van der Waals surface area contributed by atoms with Crippen molar-refractivity contribution in [2.45, 2.75) is 63.3 Å². The van der Waals surface area contributed by atoms with Crippen LogP contribution in [0.5, 0.6) is 0 Å². The normalized spacial score (nSPS) is 46.5. The second-order valence-corrected chi connectivity index (χ2v) is 7.64. The summed E-state index contributed by atoms with van der Waals surface area (Å²) in [7, 11) is 0. The van der Waals surface area contributed by atoms with E-state index in [2.05, 4.69) is 4.90 Å². The number of hydrogen-bond acceptors (Lipinski definition) is 2. The molecule has 0 aromatic rings. The average Bonchev–Trinajstić information content (AvgIpc) is 2.91. The van der Waals surface area contributed by atoms with E-state index in [1.165, 1.54) is 70.9 Å². The summed E-state index contributed by atoms with van der Waals surface area (Å²) in [5.41, 5.74) is 7.41. The molecular weight excluding hydrogens is 220 g/mol. The van der Waals surface area contributed by atoms with Crippen LogP contribution in [-0.4, -0.2) is 30.1 Å². The van der Waals surface area contributed by atoms with Gasteiger partial charge in [-0.05, 0) is 75.3 Å². The van der Waals surface area contributed by atoms with Gasteiger partial charge < -0.3 is 5.73 Å². The first-order chi connectivity index (χ1) is 8.78. The molecule has 0 radical (unpaired) electrons. The highest BCUT2D eigenvalue weighted by molar-refractivity contribution is 5.14. The van der Waals surface area contributed by atoms with E-state index >= 15 is 0 Å². The van der Waals surface area contributed by atoms with Gasteiger partial charge in [0, 0.05) is 12.1 Å². The third-order valence-corrected chi connectivity index (χ3v) is 7.03. The highest BCUT2D eigenvalue weighted by Gasteiger charge is 2.60. The Kier molecular flexibility index (Phi) is 2.58. The summed E-state index contributed by atoms with van der Waals surface area (Å²) in [6, 6.07) is 0. The minimum absolute atomic E-state index is 0.435. The van der Waals surface area contributed by atoms with Crippen molar-refractivity contribution in [1.29, 1.82) is 0 Å². The molecule has 3 atom stereocenters. The van der Waals surface area contributed by atoms with Crippen LogP contribution in [0, 0.1) is 17.3 Å². The number of hydrogen-bond donors (Lipinski definition) is 1. The minimum Gasteiger partial charge on any atom is -0.329 e. The van der Waals surface area contributed by atoms with E-state index < -0.39 is 0 Å². The predicted molar refractivity (Wildman–Crippen MR) is 74.3 cm³/mol. The summed E-state index contributed by atoms with van der Waals surface area (Å²) >= 11 is 0. The maximum Gasteiger partial charge on any atom is 0.0362 e. The topological polar surface area (TPSA) is 29.3 Å². The first-order valence-corrected chi connectivity index (χ1v) is 8.23. The molecule has 3 aliphatic carbocycles. The molecule has 18 heavy (non-hydrogen) atoms. The van der Waals surface area contributed by atoms with Crippen LogP contribution < -0.4 is 5.73 Å². The second kappa shape index (κ2) is 3.96. The lowest BCUT2D eigenvalue weighted by atomic mass is 9.75. The first kappa shape index (κ1) is 11.7. The molecule has 4 rings (SSSR count). The fraction of sp³-hybridized carbons (Fsp3) is 1.00. The van der Waals surface area contributed by atoms with Crippen molar-refractivity contribution < 1.29 is 0 Å². The molecule has 4 aliphatic rings. The van der Waals surface area contributed by atoms with Crippen LogP contribution in [-0.2, 0) is 0 Å². The zero-order valence-corrected chi connectivity index (χ0v) is 11.7. The van der Waals surface area contributed by atoms with Gasteiger partial charge in [0.05, 0.1) is 0 Å². The van der Waals surface area contributed by atoms with Crippen LogP contribution >= 0.6 is 0 Å². The smallest absolute Gasteiger partial charge is 0.0362 e. The largest absolute Gasteiger partial charge is 0.329 e. The van der Waals surface area contributed by atoms with E-state index in [9.17, 15) is 0 Å². The SMILES string of the molecule is NCC1(N2CCC3(CCCC3)CC2)CCC2CC21. The Bertz CT molecular complexity index is 324. The van der Waals surface area contributed by atoms with E-state index in [-0.39, 0.29) is 0 Å². The predicted octanol–water partition coefficient (Wildman–Crippen LogP) is 2.77. The molecule has 1 saturated heterocycles. The van der Waals surface area contributed by atoms with Crippen LogP contribution in [0.1, 0.15) is 57.8 Å². The van der Waals surface area contributed by atoms with Crippen molar-refractivity contribution in [3.05, 3.63) is 0 Å². The lowest BCUT2D eigenvalue weighted by Gasteiger charge is -2.49. The van der Waals surface area contributed by atoms with Crippen molar-refractivity contribution in [1.82, 2.24) is 4.90 Å². The minimum atomic E-state index is 0.435. The Morgan fingerprint density at radius 1 is 1.00 bits per heavy atom. The van der Waals surface area contributed by atoms with E-state index in [1.54, 1.807) is 0 Å². The summed E-state index contributed by atoms with van der Waals surface area (Å²) < 4.78 is 0. The zero-order valence-electron chi connectivity index (χ0n) is 11.7. The maximum atomic E-state index is 6.22. The second-order valence-electron chi connectivity index (χ2n) is 7.64. The van der Waals surface area contributed by atoms with Gasteiger partial charge in [0.1, 0.15) is 0 Å². The lowest BCUT2D eigenvalue weighted by Crippen LogP contribution is -2.57. The zero-order chi connectivity index (χ0) is 12.2. The summed E-state index contributed by atoms with van der Waals surface area (Å²) in [5.74, 6) is 2.02. The monoisotopic (exact) mass is 248 g/mol. The lowest BCUT2D eigenvalue weighted by molar-refractivity contribution is 0.0130. The first-order valence-electron chi connectivity index (χ1n) is 8.23. The molecule has 4 fully saturated rings. The fourth-order valence-corrected chi connectivity index (χ4v) is 5.67. The summed E-state index contributed by atoms with van der Waals surface area (Å²) in [6.45, 7) is 3.61. The fourth-order valence-electron chi connectivity index (χ4n) is 5.67. The highest BCUT2D eigenvalue weighted by atomic mass is 15.2. The molecule has 0 bridgehead atoms. The third kappa shape index (κ3) is 1.54. The van der Waals surface area contributed by atoms with Crippen LogP contribution in [0.25, 0.3) is 0 Å². The average molecular weight is 248 g/mol. The van der Waals surface area contributed by atoms with Crippen molar-refractivity contribution >= 4 is 0 Å². The molecule has 2 N–H and O–H groups in total. The van der Waals surface area contributed by atoms with Gasteiger partial charge in [-0.3, -0.25) is 4.90 Å². The van der Waals surface area contributed by atoms with Crippen LogP contribution in [0.3, 0.4) is 0 Å². The number of likely N-dealkylation sites (tertiary alicyclic amines) is 1. The molecule has 0 amide bonds. The molecule has 2 nitrogen and oxygen atoms in total. The van der Waals surface area contributed by atoms with Crippen molar-refractivity contribution in [2.75, 3.05) is 19.6 Å². The molecule has 2 heteroatoms. The van der Waals surface area contributed by atoms with Crippen molar-refractivity contribution in [2.24, 2.45) is 23.0 Å². The number of rotatable bonds is 2. The van der Waals surface area contributed by atoms with Gasteiger partial charge in [0.2, 0.25) is 0 Å². The molecule has 102 valence electrons. The van der Waals surface area contributed by atoms with E-state index in [1.807, 2.05) is 0 Å². The Labute approximate surface area is 111 Å². The van der Waals surface area contributed by atoms with Crippen molar-refractivity contribution in [3.63, 3.8) is 0 Å². The molecule has 1 aliphatic heterocycles. The summed E-state index contributed by atoms with van der Waals surface area (Å²) in [5, 5.41) is 0. The third-order valence-electron chi connectivity index (χ3n) is 7.03. The molecule has 1 heterocycles. The van der Waals surface area contributed by atoms with E-state index in [4.69, 9.17) is 5.73 Å². The van der Waals surface area contributed by atoms with Crippen LogP contribution in [0.4, 0.5) is 0 Å². The molecule has 1 spiro atoms. The molecule has 3 saturated carbocycles. The van der Waals surface area contributed by atoms with Gasteiger partial charge in [-0.15, -0.1) is 0 Å². The Balaban J connectivity index is 1.47. The van der Waals surface area contributed by atoms with Gasteiger partial charge in [-0.1, -0.05) is 12.8 Å². The van der Waals surface area contributed by atoms with E-state index in [0.29, 0.717) is 5.54 Å². The molecule has 0 aromatic heterocycles. The van der Waals surface area contributed by atoms with Gasteiger partial charge in [0.25, 0.3) is 0 Å².